The van der Waals surface area contributed by atoms with Gasteiger partial charge in [0, 0.05) is 10.5 Å². The Morgan fingerprint density at radius 2 is 1.67 bits per heavy atom. The molecule has 0 bridgehead atoms. The van der Waals surface area contributed by atoms with Gasteiger partial charge in [0.15, 0.2) is 0 Å². The minimum absolute atomic E-state index is 0.852. The van der Waals surface area contributed by atoms with E-state index in [0.717, 1.165) is 22.3 Å². The molecule has 0 radical (unpaired) electrons. The van der Waals surface area contributed by atoms with Crippen molar-refractivity contribution in [3.05, 3.63) is 0 Å². The highest BCUT2D eigenvalue weighted by Crippen LogP contribution is 2.37. The van der Waals surface area contributed by atoms with Gasteiger partial charge in [-0.25, -0.2) is 0 Å². The van der Waals surface area contributed by atoms with Crippen LogP contribution in [0.25, 0.3) is 0 Å². The van der Waals surface area contributed by atoms with Gasteiger partial charge in [-0.15, -0.1) is 0 Å². The van der Waals surface area contributed by atoms with Crippen molar-refractivity contribution in [2.45, 2.75) is 96.0 Å². The van der Waals surface area contributed by atoms with Gasteiger partial charge >= 0.3 is 0 Å². The smallest absolute Gasteiger partial charge is 0.00780 e. The lowest BCUT2D eigenvalue weighted by atomic mass is 9.92. The first-order valence-electron chi connectivity index (χ1n) is 8.36. The van der Waals surface area contributed by atoms with Gasteiger partial charge in [0.05, 0.1) is 0 Å². The van der Waals surface area contributed by atoms with Crippen molar-refractivity contribution in [2.75, 3.05) is 0 Å². The summed E-state index contributed by atoms with van der Waals surface area (Å²) in [5.41, 5.74) is 0. The number of thioether (sulfide) groups is 1. The molecule has 18 heavy (non-hydrogen) atoms. The Bertz CT molecular complexity index is 202. The van der Waals surface area contributed by atoms with Crippen LogP contribution in [0.3, 0.4) is 0 Å². The van der Waals surface area contributed by atoms with Crippen LogP contribution in [-0.4, -0.2) is 10.5 Å². The van der Waals surface area contributed by atoms with Crippen molar-refractivity contribution >= 4 is 11.8 Å². The molecular weight excluding hydrogens is 236 g/mol. The molecule has 1 rings (SSSR count). The molecule has 0 nitrogen and oxygen atoms in total. The molecule has 0 N–H and O–H groups in total. The fourth-order valence-electron chi connectivity index (χ4n) is 3.25. The summed E-state index contributed by atoms with van der Waals surface area (Å²) in [5.74, 6) is 2.00. The molecule has 1 aliphatic carbocycles. The second kappa shape index (κ2) is 9.28. The molecule has 0 aromatic heterocycles. The van der Waals surface area contributed by atoms with E-state index in [0.29, 0.717) is 0 Å². The lowest BCUT2D eigenvalue weighted by molar-refractivity contribution is 0.406. The topological polar surface area (TPSA) is 0 Å². The Labute approximate surface area is 120 Å². The van der Waals surface area contributed by atoms with E-state index in [9.17, 15) is 0 Å². The minimum atomic E-state index is 0.852. The van der Waals surface area contributed by atoms with E-state index in [4.69, 9.17) is 0 Å². The Morgan fingerprint density at radius 1 is 0.944 bits per heavy atom. The Morgan fingerprint density at radius 3 is 2.28 bits per heavy atom. The quantitative estimate of drug-likeness (QED) is 0.565. The Hall–Kier alpha value is 0.350. The highest BCUT2D eigenvalue weighted by atomic mass is 32.2. The van der Waals surface area contributed by atoms with E-state index in [1.807, 2.05) is 0 Å². The molecule has 108 valence electrons. The van der Waals surface area contributed by atoms with E-state index >= 15 is 0 Å². The summed E-state index contributed by atoms with van der Waals surface area (Å²) in [6.45, 7) is 9.55. The highest BCUT2D eigenvalue weighted by Gasteiger charge is 2.24. The lowest BCUT2D eigenvalue weighted by Crippen LogP contribution is -2.20. The third kappa shape index (κ3) is 5.55. The number of hydrogen-bond acceptors (Lipinski definition) is 1. The van der Waals surface area contributed by atoms with Crippen LogP contribution in [-0.2, 0) is 0 Å². The molecule has 1 aliphatic rings. The Balaban J connectivity index is 2.59. The van der Waals surface area contributed by atoms with Crippen LogP contribution in [0, 0.1) is 11.8 Å². The average Bonchev–Trinajstić information content (AvgIpc) is 2.49. The van der Waals surface area contributed by atoms with Gasteiger partial charge in [-0.3, -0.25) is 0 Å². The predicted octanol–water partition coefficient (Wildman–Crippen LogP) is 6.29. The molecule has 1 fully saturated rings. The number of hydrogen-bond donors (Lipinski definition) is 0. The van der Waals surface area contributed by atoms with Gasteiger partial charge in [0.25, 0.3) is 0 Å². The van der Waals surface area contributed by atoms with Crippen LogP contribution in [0.5, 0.6) is 0 Å². The molecule has 0 aromatic rings. The van der Waals surface area contributed by atoms with Gasteiger partial charge in [0.2, 0.25) is 0 Å². The molecule has 0 aromatic carbocycles. The molecule has 4 atom stereocenters. The van der Waals surface area contributed by atoms with E-state index in [1.54, 1.807) is 0 Å². The first-order chi connectivity index (χ1) is 8.71. The van der Waals surface area contributed by atoms with Crippen molar-refractivity contribution in [1.29, 1.82) is 0 Å². The summed E-state index contributed by atoms with van der Waals surface area (Å²) >= 11 is 2.30. The number of rotatable bonds is 5. The Kier molecular flexibility index (Phi) is 8.46. The summed E-state index contributed by atoms with van der Waals surface area (Å²) in [5, 5.41) is 1.79. The van der Waals surface area contributed by atoms with Crippen molar-refractivity contribution in [3.8, 4) is 0 Å². The highest BCUT2D eigenvalue weighted by molar-refractivity contribution is 8.00. The van der Waals surface area contributed by atoms with Gasteiger partial charge < -0.3 is 0 Å². The van der Waals surface area contributed by atoms with Crippen LogP contribution < -0.4 is 0 Å². The summed E-state index contributed by atoms with van der Waals surface area (Å²) in [6.07, 6.45) is 13.0. The predicted molar refractivity (Wildman–Crippen MR) is 86.4 cm³/mol. The second-order valence-corrected chi connectivity index (χ2v) is 7.88. The monoisotopic (exact) mass is 270 g/mol. The van der Waals surface area contributed by atoms with E-state index in [1.165, 1.54) is 57.8 Å². The standard InChI is InChI=1S/C17H34S/c1-5-14(4)18-17-13-12-15(6-2)10-8-9-11-16(17)7-3/h14-17H,5-13H2,1-4H3. The maximum Gasteiger partial charge on any atom is 0.00780 e. The molecule has 4 unspecified atom stereocenters. The van der Waals surface area contributed by atoms with Gasteiger partial charge in [-0.2, -0.15) is 11.8 Å². The maximum absolute atomic E-state index is 2.42. The zero-order valence-electron chi connectivity index (χ0n) is 13.1. The SMILES string of the molecule is CCC1CCCCC(CC)C(SC(C)CC)CC1. The van der Waals surface area contributed by atoms with E-state index in [2.05, 4.69) is 39.5 Å². The maximum atomic E-state index is 2.42. The van der Waals surface area contributed by atoms with Gasteiger partial charge in [-0.05, 0) is 37.5 Å². The first kappa shape index (κ1) is 16.4. The molecule has 0 aliphatic heterocycles. The summed E-state index contributed by atoms with van der Waals surface area (Å²) in [7, 11) is 0. The van der Waals surface area contributed by atoms with Gasteiger partial charge in [-0.1, -0.05) is 59.8 Å². The van der Waals surface area contributed by atoms with Crippen molar-refractivity contribution in [2.24, 2.45) is 11.8 Å². The molecule has 0 heterocycles. The lowest BCUT2D eigenvalue weighted by Gasteiger charge is -2.28. The molecule has 1 saturated carbocycles. The third-order valence-electron chi connectivity index (χ3n) is 4.91. The molecule has 0 saturated heterocycles. The van der Waals surface area contributed by atoms with Crippen LogP contribution in [0.2, 0.25) is 0 Å². The molecule has 0 spiro atoms. The summed E-state index contributed by atoms with van der Waals surface area (Å²) in [6, 6.07) is 0. The summed E-state index contributed by atoms with van der Waals surface area (Å²) in [4.78, 5) is 0. The van der Waals surface area contributed by atoms with E-state index < -0.39 is 0 Å². The fourth-order valence-corrected chi connectivity index (χ4v) is 4.87. The van der Waals surface area contributed by atoms with Gasteiger partial charge in [0.1, 0.15) is 0 Å². The zero-order valence-corrected chi connectivity index (χ0v) is 13.9. The molecule has 0 amide bonds. The average molecular weight is 271 g/mol. The summed E-state index contributed by atoms with van der Waals surface area (Å²) < 4.78 is 0. The first-order valence-corrected chi connectivity index (χ1v) is 9.30. The molecule has 1 heteroatoms. The third-order valence-corrected chi connectivity index (χ3v) is 6.67. The minimum Gasteiger partial charge on any atom is -0.155 e. The largest absolute Gasteiger partial charge is 0.155 e. The molecular formula is C17H34S. The van der Waals surface area contributed by atoms with Crippen molar-refractivity contribution in [3.63, 3.8) is 0 Å². The second-order valence-electron chi connectivity index (χ2n) is 6.20. The van der Waals surface area contributed by atoms with Crippen molar-refractivity contribution in [1.82, 2.24) is 0 Å². The van der Waals surface area contributed by atoms with Crippen LogP contribution in [0.4, 0.5) is 0 Å². The normalized spacial score (nSPS) is 32.3. The van der Waals surface area contributed by atoms with Crippen LogP contribution in [0.1, 0.15) is 85.5 Å². The van der Waals surface area contributed by atoms with Crippen LogP contribution in [0.15, 0.2) is 0 Å². The fraction of sp³-hybridized carbons (Fsp3) is 1.00. The zero-order chi connectivity index (χ0) is 13.4. The van der Waals surface area contributed by atoms with Crippen molar-refractivity contribution < 1.29 is 0 Å². The van der Waals surface area contributed by atoms with E-state index in [-0.39, 0.29) is 0 Å². The van der Waals surface area contributed by atoms with Crippen LogP contribution >= 0.6 is 11.8 Å².